The molecular weight excluding hydrogens is 691 g/mol. The van der Waals surface area contributed by atoms with Crippen LogP contribution in [0.3, 0.4) is 0 Å². The molecule has 57 heavy (non-hydrogen) atoms. The first-order valence-electron chi connectivity index (χ1n) is 19.9. The molecule has 0 fully saturated rings. The van der Waals surface area contributed by atoms with Crippen LogP contribution in [0.25, 0.3) is 71.7 Å². The van der Waals surface area contributed by atoms with E-state index < -0.39 is 0 Å². The van der Waals surface area contributed by atoms with Gasteiger partial charge in [0.25, 0.3) is 0 Å². The van der Waals surface area contributed by atoms with Crippen LogP contribution in [0.4, 0.5) is 11.4 Å². The lowest BCUT2D eigenvalue weighted by Crippen LogP contribution is -2.15. The molecule has 2 aromatic heterocycles. The van der Waals surface area contributed by atoms with Crippen molar-refractivity contribution in [2.24, 2.45) is 0 Å². The summed E-state index contributed by atoms with van der Waals surface area (Å²) in [6, 6.07) is 71.0. The Bertz CT molecular complexity index is 3220. The first-order chi connectivity index (χ1) is 28.3. The molecule has 1 aliphatic heterocycles. The summed E-state index contributed by atoms with van der Waals surface area (Å²) in [5.41, 5.74) is 17.4. The lowest BCUT2D eigenvalue weighted by molar-refractivity contribution is 0.832. The van der Waals surface area contributed by atoms with E-state index in [4.69, 9.17) is 0 Å². The van der Waals surface area contributed by atoms with Crippen molar-refractivity contribution in [2.75, 3.05) is 4.90 Å². The van der Waals surface area contributed by atoms with Crippen LogP contribution in [-0.2, 0) is 0 Å². The van der Waals surface area contributed by atoms with Gasteiger partial charge in [-0.1, -0.05) is 140 Å². The van der Waals surface area contributed by atoms with Crippen LogP contribution in [0.1, 0.15) is 23.5 Å². The third-order valence-corrected chi connectivity index (χ3v) is 12.2. The standard InChI is InChI=1S/C54H37N3/c1-3-16-36(17-4-1)37-18-15-21-41(32-37)55-48-26-11-9-24-44(48)46-33-38(30-31-52(46)55)39-34-47-45-25-10-12-27-49(45)56(40-19-5-2-6-20-40)54(47)53(35-39)57-50-28-13-7-22-42(50)43-23-8-14-29-51(43)57/h1-32,34-35,46H,33H2. The summed E-state index contributed by atoms with van der Waals surface area (Å²) >= 11 is 0. The Labute approximate surface area is 331 Å². The van der Waals surface area contributed by atoms with Crippen molar-refractivity contribution in [3.8, 4) is 22.5 Å². The van der Waals surface area contributed by atoms with Gasteiger partial charge in [-0.2, -0.15) is 0 Å². The highest BCUT2D eigenvalue weighted by Gasteiger charge is 2.37. The minimum atomic E-state index is 0.236. The Hall–Kier alpha value is -7.36. The van der Waals surface area contributed by atoms with Crippen molar-refractivity contribution >= 4 is 60.6 Å². The average Bonchev–Trinajstić information content (AvgIpc) is 3.92. The zero-order valence-electron chi connectivity index (χ0n) is 31.3. The normalized spacial score (nSPS) is 14.9. The maximum absolute atomic E-state index is 2.51. The molecule has 268 valence electrons. The van der Waals surface area contributed by atoms with Crippen molar-refractivity contribution < 1.29 is 0 Å². The third-order valence-electron chi connectivity index (χ3n) is 12.2. The van der Waals surface area contributed by atoms with Gasteiger partial charge in [0.05, 0.1) is 27.8 Å². The maximum Gasteiger partial charge on any atom is 0.0782 e. The molecule has 1 aliphatic carbocycles. The lowest BCUT2D eigenvalue weighted by atomic mass is 9.84. The Kier molecular flexibility index (Phi) is 7.05. The van der Waals surface area contributed by atoms with Crippen LogP contribution >= 0.6 is 0 Å². The van der Waals surface area contributed by atoms with Crippen LogP contribution in [-0.4, -0.2) is 9.13 Å². The second-order valence-corrected chi connectivity index (χ2v) is 15.3. The summed E-state index contributed by atoms with van der Waals surface area (Å²) < 4.78 is 4.97. The number of hydrogen-bond acceptors (Lipinski definition) is 1. The number of fused-ring (bicyclic) bond motifs is 9. The maximum atomic E-state index is 2.51. The summed E-state index contributed by atoms with van der Waals surface area (Å²) in [4.78, 5) is 2.49. The van der Waals surface area contributed by atoms with E-state index >= 15 is 0 Å². The second-order valence-electron chi connectivity index (χ2n) is 15.3. The minimum Gasteiger partial charge on any atom is -0.313 e. The second kappa shape index (κ2) is 12.6. The van der Waals surface area contributed by atoms with E-state index in [2.05, 4.69) is 220 Å². The summed E-state index contributed by atoms with van der Waals surface area (Å²) in [5, 5.41) is 5.03. The largest absolute Gasteiger partial charge is 0.313 e. The molecule has 3 heterocycles. The van der Waals surface area contributed by atoms with Gasteiger partial charge in [-0.25, -0.2) is 0 Å². The number of nitrogens with zero attached hydrogens (tertiary/aromatic N) is 3. The molecule has 3 heteroatoms. The highest BCUT2D eigenvalue weighted by molar-refractivity contribution is 6.16. The Balaban J connectivity index is 1.10. The van der Waals surface area contributed by atoms with E-state index in [1.807, 2.05) is 0 Å². The number of hydrogen-bond donors (Lipinski definition) is 0. The first-order valence-corrected chi connectivity index (χ1v) is 19.9. The highest BCUT2D eigenvalue weighted by Crippen LogP contribution is 2.53. The Morgan fingerprint density at radius 2 is 0.965 bits per heavy atom. The number of benzene rings is 8. The monoisotopic (exact) mass is 727 g/mol. The fourth-order valence-electron chi connectivity index (χ4n) is 9.74. The van der Waals surface area contributed by atoms with Crippen molar-refractivity contribution in [1.82, 2.24) is 9.13 Å². The van der Waals surface area contributed by atoms with E-state index in [1.54, 1.807) is 0 Å². The molecule has 8 aromatic carbocycles. The highest BCUT2D eigenvalue weighted by atomic mass is 15.2. The summed E-state index contributed by atoms with van der Waals surface area (Å²) in [5.74, 6) is 0.236. The van der Waals surface area contributed by atoms with E-state index in [1.165, 1.54) is 94.2 Å². The molecule has 3 nitrogen and oxygen atoms in total. The molecular formula is C54H37N3. The minimum absolute atomic E-state index is 0.236. The van der Waals surface area contributed by atoms with Gasteiger partial charge in [-0.15, -0.1) is 0 Å². The fourth-order valence-corrected chi connectivity index (χ4v) is 9.74. The van der Waals surface area contributed by atoms with Crippen molar-refractivity contribution in [3.05, 3.63) is 223 Å². The molecule has 12 rings (SSSR count). The molecule has 0 amide bonds. The fraction of sp³-hybridized carbons (Fsp3) is 0.0370. The molecule has 0 saturated carbocycles. The molecule has 0 radical (unpaired) electrons. The predicted molar refractivity (Wildman–Crippen MR) is 239 cm³/mol. The summed E-state index contributed by atoms with van der Waals surface area (Å²) in [7, 11) is 0. The number of para-hydroxylation sites is 5. The number of aromatic nitrogens is 2. The SMILES string of the molecule is C1=C(c2cc(-n3c4ccccc4c4ccccc43)c3c(c2)c2ccccc2n3-c2ccccc2)CC2C(=C1)N(c1cccc(-c3ccccc3)c1)c1ccccc12. The van der Waals surface area contributed by atoms with Gasteiger partial charge in [0.1, 0.15) is 0 Å². The van der Waals surface area contributed by atoms with Crippen molar-refractivity contribution in [3.63, 3.8) is 0 Å². The quantitative estimate of drug-likeness (QED) is 0.172. The first kappa shape index (κ1) is 31.9. The van der Waals surface area contributed by atoms with Gasteiger partial charge < -0.3 is 14.0 Å². The van der Waals surface area contributed by atoms with Gasteiger partial charge in [0.15, 0.2) is 0 Å². The zero-order valence-corrected chi connectivity index (χ0v) is 31.3. The van der Waals surface area contributed by atoms with Crippen LogP contribution < -0.4 is 4.90 Å². The number of allylic oxidation sites excluding steroid dienone is 4. The Morgan fingerprint density at radius 1 is 0.386 bits per heavy atom. The molecule has 1 unspecified atom stereocenters. The number of anilines is 2. The van der Waals surface area contributed by atoms with Crippen molar-refractivity contribution in [1.29, 1.82) is 0 Å². The van der Waals surface area contributed by atoms with Crippen LogP contribution in [0.15, 0.2) is 212 Å². The van der Waals surface area contributed by atoms with Crippen molar-refractivity contribution in [2.45, 2.75) is 12.3 Å². The predicted octanol–water partition coefficient (Wildman–Crippen LogP) is 14.2. The van der Waals surface area contributed by atoms with E-state index in [0.717, 1.165) is 12.1 Å². The van der Waals surface area contributed by atoms with Gasteiger partial charge in [0.2, 0.25) is 0 Å². The van der Waals surface area contributed by atoms with Gasteiger partial charge in [0, 0.05) is 50.2 Å². The molecule has 0 saturated heterocycles. The molecule has 1 atom stereocenters. The summed E-state index contributed by atoms with van der Waals surface area (Å²) in [6.45, 7) is 0. The zero-order chi connectivity index (χ0) is 37.5. The van der Waals surface area contributed by atoms with Crippen LogP contribution in [0.2, 0.25) is 0 Å². The molecule has 10 aromatic rings. The summed E-state index contributed by atoms with van der Waals surface area (Å²) in [6.07, 6.45) is 5.68. The number of rotatable bonds is 5. The van der Waals surface area contributed by atoms with Gasteiger partial charge in [-0.05, 0) is 101 Å². The van der Waals surface area contributed by atoms with E-state index in [0.29, 0.717) is 0 Å². The van der Waals surface area contributed by atoms with Crippen LogP contribution in [0, 0.1) is 0 Å². The van der Waals surface area contributed by atoms with E-state index in [9.17, 15) is 0 Å². The smallest absolute Gasteiger partial charge is 0.0782 e. The third kappa shape index (κ3) is 4.85. The molecule has 2 aliphatic rings. The molecule has 0 bridgehead atoms. The molecule has 0 N–H and O–H groups in total. The lowest BCUT2D eigenvalue weighted by Gasteiger charge is -2.27. The van der Waals surface area contributed by atoms with Gasteiger partial charge >= 0.3 is 0 Å². The average molecular weight is 728 g/mol. The van der Waals surface area contributed by atoms with Gasteiger partial charge in [-0.3, -0.25) is 0 Å². The topological polar surface area (TPSA) is 13.1 Å². The van der Waals surface area contributed by atoms with Crippen LogP contribution in [0.5, 0.6) is 0 Å². The van der Waals surface area contributed by atoms with E-state index in [-0.39, 0.29) is 5.92 Å². The molecule has 0 spiro atoms. The Morgan fingerprint density at radius 3 is 1.70 bits per heavy atom.